The van der Waals surface area contributed by atoms with Gasteiger partial charge in [-0.25, -0.2) is 0 Å². The molecule has 0 aliphatic rings. The summed E-state index contributed by atoms with van der Waals surface area (Å²) in [5.41, 5.74) is 0. The van der Waals surface area contributed by atoms with Crippen LogP contribution < -0.4 is 5.32 Å². The first-order chi connectivity index (χ1) is 8.29. The number of rotatable bonds is 6. The number of aryl methyl sites for hydroxylation is 1. The normalized spacial score (nSPS) is 12.8. The third-order valence-corrected chi connectivity index (χ3v) is 3.79. The van der Waals surface area contributed by atoms with Crippen molar-refractivity contribution in [1.82, 2.24) is 5.32 Å². The lowest BCUT2D eigenvalue weighted by molar-refractivity contribution is 0.403. The molecule has 4 heteroatoms. The first-order valence-electron chi connectivity index (χ1n) is 5.80. The summed E-state index contributed by atoms with van der Waals surface area (Å²) in [6.07, 6.45) is 2.09. The molecule has 0 aromatic carbocycles. The molecule has 0 aliphatic heterocycles. The molecule has 1 unspecified atom stereocenters. The summed E-state index contributed by atoms with van der Waals surface area (Å²) in [6.45, 7) is 3.02. The highest BCUT2D eigenvalue weighted by Crippen LogP contribution is 2.24. The first-order valence-corrected chi connectivity index (χ1v) is 7.06. The molecule has 0 aliphatic carbocycles. The van der Waals surface area contributed by atoms with Crippen LogP contribution in [0.2, 0.25) is 5.22 Å². The highest BCUT2D eigenvalue weighted by molar-refractivity contribution is 7.09. The molecule has 0 bridgehead atoms. The van der Waals surface area contributed by atoms with Gasteiger partial charge in [-0.1, -0.05) is 13.0 Å². The SMILES string of the molecule is CCNC(CCc1cccs1)c1ccc(Cl)o1. The average molecular weight is 270 g/mol. The Hall–Kier alpha value is -0.770. The second kappa shape index (κ2) is 6.24. The molecule has 2 nitrogen and oxygen atoms in total. The Morgan fingerprint density at radius 2 is 2.29 bits per heavy atom. The van der Waals surface area contributed by atoms with Crippen LogP contribution in [0.3, 0.4) is 0 Å². The van der Waals surface area contributed by atoms with E-state index in [-0.39, 0.29) is 6.04 Å². The summed E-state index contributed by atoms with van der Waals surface area (Å²) in [7, 11) is 0. The maximum Gasteiger partial charge on any atom is 0.193 e. The van der Waals surface area contributed by atoms with Gasteiger partial charge in [0.25, 0.3) is 0 Å². The lowest BCUT2D eigenvalue weighted by Gasteiger charge is -2.14. The van der Waals surface area contributed by atoms with Crippen molar-refractivity contribution in [1.29, 1.82) is 0 Å². The predicted molar refractivity (Wildman–Crippen MR) is 72.8 cm³/mol. The van der Waals surface area contributed by atoms with Gasteiger partial charge in [0.05, 0.1) is 6.04 Å². The molecule has 2 aromatic heterocycles. The minimum Gasteiger partial charge on any atom is -0.448 e. The topological polar surface area (TPSA) is 25.2 Å². The number of hydrogen-bond donors (Lipinski definition) is 1. The highest BCUT2D eigenvalue weighted by Gasteiger charge is 2.14. The van der Waals surface area contributed by atoms with E-state index >= 15 is 0 Å². The van der Waals surface area contributed by atoms with Crippen molar-refractivity contribution < 1.29 is 4.42 Å². The number of furan rings is 1. The van der Waals surface area contributed by atoms with Gasteiger partial charge in [-0.3, -0.25) is 0 Å². The van der Waals surface area contributed by atoms with Crippen LogP contribution in [0.1, 0.15) is 30.0 Å². The zero-order valence-corrected chi connectivity index (χ0v) is 11.4. The van der Waals surface area contributed by atoms with E-state index in [1.165, 1.54) is 4.88 Å². The van der Waals surface area contributed by atoms with Gasteiger partial charge in [0.15, 0.2) is 5.22 Å². The molecular weight excluding hydrogens is 254 g/mol. The van der Waals surface area contributed by atoms with Crippen molar-refractivity contribution in [3.63, 3.8) is 0 Å². The van der Waals surface area contributed by atoms with Crippen LogP contribution in [0.5, 0.6) is 0 Å². The molecule has 2 rings (SSSR count). The Morgan fingerprint density at radius 1 is 1.41 bits per heavy atom. The van der Waals surface area contributed by atoms with Crippen molar-refractivity contribution in [3.8, 4) is 0 Å². The summed E-state index contributed by atoms with van der Waals surface area (Å²) in [6, 6.07) is 8.25. The molecule has 0 saturated heterocycles. The lowest BCUT2D eigenvalue weighted by atomic mass is 10.1. The Bertz CT molecular complexity index is 438. The standard InChI is InChI=1S/C13H16ClNOS/c1-2-15-11(12-7-8-13(14)16-12)6-5-10-4-3-9-17-10/h3-4,7-9,11,15H,2,5-6H2,1H3. The Balaban J connectivity index is 1.97. The minimum atomic E-state index is 0.245. The molecule has 17 heavy (non-hydrogen) atoms. The highest BCUT2D eigenvalue weighted by atomic mass is 35.5. The van der Waals surface area contributed by atoms with Gasteiger partial charge in [-0.2, -0.15) is 0 Å². The summed E-state index contributed by atoms with van der Waals surface area (Å²) in [5, 5.41) is 6.00. The van der Waals surface area contributed by atoms with Crippen LogP contribution in [-0.4, -0.2) is 6.54 Å². The van der Waals surface area contributed by atoms with Crippen LogP contribution in [-0.2, 0) is 6.42 Å². The zero-order chi connectivity index (χ0) is 12.1. The number of halogens is 1. The van der Waals surface area contributed by atoms with Crippen LogP contribution in [0, 0.1) is 0 Å². The fraction of sp³-hybridized carbons (Fsp3) is 0.385. The second-order valence-electron chi connectivity index (χ2n) is 3.87. The van der Waals surface area contributed by atoms with Crippen LogP contribution in [0.25, 0.3) is 0 Å². The molecule has 1 atom stereocenters. The largest absolute Gasteiger partial charge is 0.448 e. The molecule has 1 N–H and O–H groups in total. The predicted octanol–water partition coefficient (Wildman–Crippen LogP) is 4.28. The van der Waals surface area contributed by atoms with E-state index in [0.717, 1.165) is 25.1 Å². The van der Waals surface area contributed by atoms with E-state index in [9.17, 15) is 0 Å². The van der Waals surface area contributed by atoms with E-state index in [2.05, 4.69) is 29.8 Å². The van der Waals surface area contributed by atoms with E-state index in [0.29, 0.717) is 5.22 Å². The van der Waals surface area contributed by atoms with Gasteiger partial charge in [0.1, 0.15) is 5.76 Å². The lowest BCUT2D eigenvalue weighted by Crippen LogP contribution is -2.20. The fourth-order valence-electron chi connectivity index (χ4n) is 1.85. The molecular formula is C13H16ClNOS. The van der Waals surface area contributed by atoms with Gasteiger partial charge in [-0.05, 0) is 54.6 Å². The maximum atomic E-state index is 5.81. The molecule has 0 fully saturated rings. The van der Waals surface area contributed by atoms with Gasteiger partial charge in [0.2, 0.25) is 0 Å². The van der Waals surface area contributed by atoms with Crippen LogP contribution in [0.15, 0.2) is 34.1 Å². The molecule has 0 saturated carbocycles. The number of thiophene rings is 1. The smallest absolute Gasteiger partial charge is 0.193 e. The van der Waals surface area contributed by atoms with Crippen molar-refractivity contribution in [3.05, 3.63) is 45.5 Å². The maximum absolute atomic E-state index is 5.81. The zero-order valence-electron chi connectivity index (χ0n) is 9.78. The van der Waals surface area contributed by atoms with Gasteiger partial charge < -0.3 is 9.73 Å². The van der Waals surface area contributed by atoms with E-state index < -0.39 is 0 Å². The van der Waals surface area contributed by atoms with Gasteiger partial charge in [-0.15, -0.1) is 11.3 Å². The summed E-state index contributed by atoms with van der Waals surface area (Å²) < 4.78 is 5.47. The summed E-state index contributed by atoms with van der Waals surface area (Å²) >= 11 is 7.61. The Labute approximate surface area is 111 Å². The van der Waals surface area contributed by atoms with Crippen molar-refractivity contribution in [2.75, 3.05) is 6.54 Å². The number of hydrogen-bond acceptors (Lipinski definition) is 3. The molecule has 0 spiro atoms. The third kappa shape index (κ3) is 3.60. The fourth-order valence-corrected chi connectivity index (χ4v) is 2.73. The van der Waals surface area contributed by atoms with Crippen molar-refractivity contribution >= 4 is 22.9 Å². The molecule has 0 amide bonds. The minimum absolute atomic E-state index is 0.245. The third-order valence-electron chi connectivity index (χ3n) is 2.65. The van der Waals surface area contributed by atoms with E-state index in [1.54, 1.807) is 17.4 Å². The van der Waals surface area contributed by atoms with Crippen molar-refractivity contribution in [2.45, 2.75) is 25.8 Å². The molecule has 2 aromatic rings. The van der Waals surface area contributed by atoms with Crippen molar-refractivity contribution in [2.24, 2.45) is 0 Å². The molecule has 2 heterocycles. The summed E-state index contributed by atoms with van der Waals surface area (Å²) in [5.74, 6) is 0.924. The second-order valence-corrected chi connectivity index (χ2v) is 5.27. The molecule has 92 valence electrons. The average Bonchev–Trinajstić information content (AvgIpc) is 2.95. The van der Waals surface area contributed by atoms with Gasteiger partial charge in [0, 0.05) is 4.88 Å². The van der Waals surface area contributed by atoms with E-state index in [1.807, 2.05) is 6.07 Å². The first kappa shape index (κ1) is 12.7. The van der Waals surface area contributed by atoms with Crippen LogP contribution in [0.4, 0.5) is 0 Å². The monoisotopic (exact) mass is 269 g/mol. The Kier molecular flexibility index (Phi) is 4.66. The van der Waals surface area contributed by atoms with E-state index in [4.69, 9.17) is 16.0 Å². The summed E-state index contributed by atoms with van der Waals surface area (Å²) in [4.78, 5) is 1.41. The quantitative estimate of drug-likeness (QED) is 0.847. The number of nitrogens with one attached hydrogen (secondary N) is 1. The van der Waals surface area contributed by atoms with Gasteiger partial charge >= 0.3 is 0 Å². The Morgan fingerprint density at radius 3 is 2.88 bits per heavy atom. The molecule has 0 radical (unpaired) electrons. The van der Waals surface area contributed by atoms with Crippen LogP contribution >= 0.6 is 22.9 Å².